The number of nitrogens with two attached hydrogens (primary N) is 1. The molecule has 0 spiro atoms. The van der Waals surface area contributed by atoms with Gasteiger partial charge in [0.25, 0.3) is 5.89 Å². The number of hydrogen-bond acceptors (Lipinski definition) is 5. The minimum absolute atomic E-state index is 0.436. The summed E-state index contributed by atoms with van der Waals surface area (Å²) >= 11 is 0. The number of aromatic nitrogens is 2. The van der Waals surface area contributed by atoms with Crippen LogP contribution in [0, 0.1) is 0 Å². The standard InChI is InChI=1S/C16H15N3O2/c1-2-20-14-6-4-3-5-13(14)16-18-15(19-21-16)11-7-9-12(17)10-8-11/h3-10H,2,17H2,1H3. The highest BCUT2D eigenvalue weighted by atomic mass is 16.5. The minimum Gasteiger partial charge on any atom is -0.493 e. The molecule has 2 aromatic carbocycles. The second-order valence-corrected chi connectivity index (χ2v) is 4.47. The van der Waals surface area contributed by atoms with Crippen LogP contribution in [0.15, 0.2) is 53.1 Å². The lowest BCUT2D eigenvalue weighted by Crippen LogP contribution is -1.93. The molecule has 3 rings (SSSR count). The molecular formula is C16H15N3O2. The monoisotopic (exact) mass is 281 g/mol. The van der Waals surface area contributed by atoms with Crippen molar-refractivity contribution < 1.29 is 9.26 Å². The van der Waals surface area contributed by atoms with E-state index >= 15 is 0 Å². The highest BCUT2D eigenvalue weighted by molar-refractivity contribution is 5.65. The van der Waals surface area contributed by atoms with E-state index in [-0.39, 0.29) is 0 Å². The van der Waals surface area contributed by atoms with E-state index in [4.69, 9.17) is 15.0 Å². The highest BCUT2D eigenvalue weighted by Crippen LogP contribution is 2.30. The molecule has 1 aromatic heterocycles. The van der Waals surface area contributed by atoms with E-state index in [0.29, 0.717) is 24.0 Å². The smallest absolute Gasteiger partial charge is 0.262 e. The number of benzene rings is 2. The third-order valence-corrected chi connectivity index (χ3v) is 3.01. The quantitative estimate of drug-likeness (QED) is 0.742. The lowest BCUT2D eigenvalue weighted by molar-refractivity contribution is 0.339. The molecule has 0 aliphatic carbocycles. The normalized spacial score (nSPS) is 10.5. The Morgan fingerprint density at radius 2 is 1.86 bits per heavy atom. The lowest BCUT2D eigenvalue weighted by Gasteiger charge is -2.05. The summed E-state index contributed by atoms with van der Waals surface area (Å²) in [5.74, 6) is 1.69. The molecule has 3 aromatic rings. The predicted molar refractivity (Wildman–Crippen MR) is 80.8 cm³/mol. The van der Waals surface area contributed by atoms with Crippen molar-refractivity contribution in [2.24, 2.45) is 0 Å². The summed E-state index contributed by atoms with van der Waals surface area (Å²) in [6.45, 7) is 2.51. The van der Waals surface area contributed by atoms with Crippen LogP contribution in [0.2, 0.25) is 0 Å². The summed E-state index contributed by atoms with van der Waals surface area (Å²) in [4.78, 5) is 4.42. The van der Waals surface area contributed by atoms with E-state index < -0.39 is 0 Å². The van der Waals surface area contributed by atoms with Crippen LogP contribution < -0.4 is 10.5 Å². The van der Waals surface area contributed by atoms with E-state index in [0.717, 1.165) is 16.9 Å². The maximum atomic E-state index is 5.67. The van der Waals surface area contributed by atoms with Crippen molar-refractivity contribution in [3.05, 3.63) is 48.5 Å². The van der Waals surface area contributed by atoms with Crippen LogP contribution in [0.3, 0.4) is 0 Å². The topological polar surface area (TPSA) is 74.2 Å². The third-order valence-electron chi connectivity index (χ3n) is 3.01. The number of hydrogen-bond donors (Lipinski definition) is 1. The van der Waals surface area contributed by atoms with E-state index in [9.17, 15) is 0 Å². The number of rotatable bonds is 4. The summed E-state index contributed by atoms with van der Waals surface area (Å²) < 4.78 is 10.9. The summed E-state index contributed by atoms with van der Waals surface area (Å²) in [5, 5.41) is 4.01. The van der Waals surface area contributed by atoms with Crippen LogP contribution in [-0.4, -0.2) is 16.7 Å². The Hall–Kier alpha value is -2.82. The number of nitrogen functional groups attached to an aromatic ring is 1. The Kier molecular flexibility index (Phi) is 3.55. The molecule has 0 bridgehead atoms. The average Bonchev–Trinajstić information content (AvgIpc) is 2.99. The van der Waals surface area contributed by atoms with E-state index in [2.05, 4.69) is 10.1 Å². The number of ether oxygens (including phenoxy) is 1. The maximum absolute atomic E-state index is 5.67. The minimum atomic E-state index is 0.436. The van der Waals surface area contributed by atoms with Crippen molar-refractivity contribution in [3.8, 4) is 28.6 Å². The molecule has 0 unspecified atom stereocenters. The molecule has 0 amide bonds. The van der Waals surface area contributed by atoms with Gasteiger partial charge in [0.1, 0.15) is 5.75 Å². The van der Waals surface area contributed by atoms with Gasteiger partial charge in [-0.15, -0.1) is 0 Å². The molecule has 21 heavy (non-hydrogen) atoms. The van der Waals surface area contributed by atoms with Gasteiger partial charge in [-0.3, -0.25) is 0 Å². The Balaban J connectivity index is 1.97. The van der Waals surface area contributed by atoms with Crippen molar-refractivity contribution in [1.29, 1.82) is 0 Å². The Bertz CT molecular complexity index is 735. The van der Waals surface area contributed by atoms with E-state index in [1.54, 1.807) is 12.1 Å². The first-order valence-electron chi connectivity index (χ1n) is 6.69. The van der Waals surface area contributed by atoms with Crippen LogP contribution >= 0.6 is 0 Å². The molecule has 2 N–H and O–H groups in total. The SMILES string of the molecule is CCOc1ccccc1-c1nc(-c2ccc(N)cc2)no1. The first kappa shape index (κ1) is 13.2. The molecule has 0 aliphatic rings. The number of para-hydroxylation sites is 1. The molecule has 5 heteroatoms. The predicted octanol–water partition coefficient (Wildman–Crippen LogP) is 3.38. The average molecular weight is 281 g/mol. The van der Waals surface area contributed by atoms with Gasteiger partial charge in [0.2, 0.25) is 5.82 Å². The Morgan fingerprint density at radius 1 is 1.10 bits per heavy atom. The van der Waals surface area contributed by atoms with Crippen molar-refractivity contribution in [3.63, 3.8) is 0 Å². The molecule has 0 atom stereocenters. The molecule has 0 saturated heterocycles. The van der Waals surface area contributed by atoms with Gasteiger partial charge in [0.15, 0.2) is 0 Å². The Labute approximate surface area is 122 Å². The third kappa shape index (κ3) is 2.72. The van der Waals surface area contributed by atoms with Gasteiger partial charge in [-0.2, -0.15) is 4.98 Å². The number of nitrogens with zero attached hydrogens (tertiary/aromatic N) is 2. The largest absolute Gasteiger partial charge is 0.493 e. The van der Waals surface area contributed by atoms with Gasteiger partial charge in [-0.1, -0.05) is 17.3 Å². The Morgan fingerprint density at radius 3 is 2.62 bits per heavy atom. The van der Waals surface area contributed by atoms with Crippen molar-refractivity contribution >= 4 is 5.69 Å². The van der Waals surface area contributed by atoms with Crippen LogP contribution in [0.5, 0.6) is 5.75 Å². The highest BCUT2D eigenvalue weighted by Gasteiger charge is 2.14. The molecule has 1 heterocycles. The van der Waals surface area contributed by atoms with Gasteiger partial charge in [-0.05, 0) is 43.3 Å². The summed E-state index contributed by atoms with van der Waals surface area (Å²) in [6.07, 6.45) is 0. The molecule has 0 aliphatic heterocycles. The summed E-state index contributed by atoms with van der Waals surface area (Å²) in [7, 11) is 0. The lowest BCUT2D eigenvalue weighted by atomic mass is 10.2. The van der Waals surface area contributed by atoms with Crippen LogP contribution in [0.4, 0.5) is 5.69 Å². The van der Waals surface area contributed by atoms with E-state index in [1.807, 2.05) is 43.3 Å². The van der Waals surface area contributed by atoms with Crippen molar-refractivity contribution in [2.75, 3.05) is 12.3 Å². The summed E-state index contributed by atoms with van der Waals surface area (Å²) in [5.41, 5.74) is 8.01. The van der Waals surface area contributed by atoms with Crippen LogP contribution in [0.25, 0.3) is 22.8 Å². The van der Waals surface area contributed by atoms with Crippen molar-refractivity contribution in [2.45, 2.75) is 6.92 Å². The fourth-order valence-electron chi connectivity index (χ4n) is 2.01. The zero-order valence-electron chi connectivity index (χ0n) is 11.6. The second kappa shape index (κ2) is 5.66. The molecule has 5 nitrogen and oxygen atoms in total. The first-order valence-corrected chi connectivity index (χ1v) is 6.69. The summed E-state index contributed by atoms with van der Waals surface area (Å²) in [6, 6.07) is 14.9. The molecule has 0 radical (unpaired) electrons. The fraction of sp³-hybridized carbons (Fsp3) is 0.125. The van der Waals surface area contributed by atoms with Gasteiger partial charge >= 0.3 is 0 Å². The van der Waals surface area contributed by atoms with E-state index in [1.165, 1.54) is 0 Å². The molecular weight excluding hydrogens is 266 g/mol. The first-order chi connectivity index (χ1) is 10.3. The maximum Gasteiger partial charge on any atom is 0.262 e. The van der Waals surface area contributed by atoms with Gasteiger partial charge in [0, 0.05) is 11.3 Å². The second-order valence-electron chi connectivity index (χ2n) is 4.47. The fourth-order valence-corrected chi connectivity index (χ4v) is 2.01. The van der Waals surface area contributed by atoms with Gasteiger partial charge < -0.3 is 15.0 Å². The van der Waals surface area contributed by atoms with Crippen LogP contribution in [0.1, 0.15) is 6.92 Å². The molecule has 0 fully saturated rings. The zero-order chi connectivity index (χ0) is 14.7. The van der Waals surface area contributed by atoms with Crippen LogP contribution in [-0.2, 0) is 0 Å². The number of anilines is 1. The van der Waals surface area contributed by atoms with Crippen molar-refractivity contribution in [1.82, 2.24) is 10.1 Å². The zero-order valence-corrected chi connectivity index (χ0v) is 11.6. The molecule has 0 saturated carbocycles. The molecule has 106 valence electrons. The van der Waals surface area contributed by atoms with Gasteiger partial charge in [-0.25, -0.2) is 0 Å². The van der Waals surface area contributed by atoms with Gasteiger partial charge in [0.05, 0.1) is 12.2 Å².